The molecule has 1 amide bonds. The van der Waals surface area contributed by atoms with Crippen LogP contribution in [0.25, 0.3) is 0 Å². The predicted octanol–water partition coefficient (Wildman–Crippen LogP) is 5.45. The summed E-state index contributed by atoms with van der Waals surface area (Å²) >= 11 is 0. The molecule has 144 valence electrons. The second-order valence-electron chi connectivity index (χ2n) is 6.90. The van der Waals surface area contributed by atoms with Gasteiger partial charge >= 0.3 is 0 Å². The molecule has 0 atom stereocenters. The molecule has 4 heteroatoms. The fourth-order valence-electron chi connectivity index (χ4n) is 2.96. The van der Waals surface area contributed by atoms with Crippen LogP contribution in [-0.4, -0.2) is 13.0 Å². The van der Waals surface area contributed by atoms with Crippen LogP contribution in [0.3, 0.4) is 0 Å². The van der Waals surface area contributed by atoms with Gasteiger partial charge in [0.25, 0.3) is 5.91 Å². The lowest BCUT2D eigenvalue weighted by atomic mass is 10.1. The maximum absolute atomic E-state index is 12.8. The molecule has 3 aromatic rings. The summed E-state index contributed by atoms with van der Waals surface area (Å²) < 4.78 is 11.3. The van der Waals surface area contributed by atoms with E-state index in [9.17, 15) is 4.79 Å². The van der Waals surface area contributed by atoms with Crippen molar-refractivity contribution in [3.05, 3.63) is 88.5 Å². The Kier molecular flexibility index (Phi) is 5.99. The lowest BCUT2D eigenvalue weighted by molar-refractivity contribution is 0.102. The molecule has 0 aliphatic heterocycles. The highest BCUT2D eigenvalue weighted by Crippen LogP contribution is 2.24. The Morgan fingerprint density at radius 2 is 1.71 bits per heavy atom. The van der Waals surface area contributed by atoms with Gasteiger partial charge in [0.15, 0.2) is 0 Å². The van der Waals surface area contributed by atoms with E-state index in [1.165, 1.54) is 0 Å². The van der Waals surface area contributed by atoms with Crippen LogP contribution in [0.1, 0.15) is 32.6 Å². The van der Waals surface area contributed by atoms with E-state index in [1.807, 2.05) is 69.3 Å². The number of anilines is 1. The summed E-state index contributed by atoms with van der Waals surface area (Å²) in [6, 6.07) is 19.2. The monoisotopic (exact) mass is 375 g/mol. The largest absolute Gasteiger partial charge is 0.496 e. The van der Waals surface area contributed by atoms with Gasteiger partial charge in [0.1, 0.15) is 18.1 Å². The van der Waals surface area contributed by atoms with Crippen LogP contribution in [0.4, 0.5) is 5.69 Å². The highest BCUT2D eigenvalue weighted by atomic mass is 16.5. The molecule has 0 aliphatic rings. The second-order valence-corrected chi connectivity index (χ2v) is 6.90. The summed E-state index contributed by atoms with van der Waals surface area (Å²) in [6.45, 7) is 6.32. The van der Waals surface area contributed by atoms with E-state index >= 15 is 0 Å². The minimum atomic E-state index is -0.159. The van der Waals surface area contributed by atoms with Gasteiger partial charge in [-0.1, -0.05) is 24.3 Å². The first-order valence-corrected chi connectivity index (χ1v) is 9.21. The van der Waals surface area contributed by atoms with Gasteiger partial charge < -0.3 is 14.8 Å². The van der Waals surface area contributed by atoms with Crippen molar-refractivity contribution in [2.24, 2.45) is 0 Å². The molecule has 4 nitrogen and oxygen atoms in total. The van der Waals surface area contributed by atoms with E-state index in [0.29, 0.717) is 17.9 Å². The number of benzene rings is 3. The molecule has 28 heavy (non-hydrogen) atoms. The van der Waals surface area contributed by atoms with Crippen molar-refractivity contribution in [2.75, 3.05) is 12.4 Å². The number of ether oxygens (including phenoxy) is 2. The summed E-state index contributed by atoms with van der Waals surface area (Å²) in [5.41, 5.74) is 5.45. The molecule has 0 spiro atoms. The van der Waals surface area contributed by atoms with E-state index < -0.39 is 0 Å². The van der Waals surface area contributed by atoms with Crippen molar-refractivity contribution in [1.29, 1.82) is 0 Å². The molecular formula is C24H25NO3. The lowest BCUT2D eigenvalue weighted by Gasteiger charge is -2.13. The van der Waals surface area contributed by atoms with Crippen molar-refractivity contribution in [3.8, 4) is 11.5 Å². The Bertz CT molecular complexity index is 995. The van der Waals surface area contributed by atoms with Crippen molar-refractivity contribution in [1.82, 2.24) is 0 Å². The number of amides is 1. The third-order valence-corrected chi connectivity index (χ3v) is 4.57. The number of hydrogen-bond acceptors (Lipinski definition) is 3. The normalized spacial score (nSPS) is 10.4. The van der Waals surface area contributed by atoms with Crippen molar-refractivity contribution in [2.45, 2.75) is 27.4 Å². The average molecular weight is 375 g/mol. The molecule has 3 rings (SSSR count). The van der Waals surface area contributed by atoms with Gasteiger partial charge in [0, 0.05) is 16.8 Å². The molecule has 0 fully saturated rings. The van der Waals surface area contributed by atoms with E-state index in [2.05, 4.69) is 5.32 Å². The first kappa shape index (κ1) is 19.5. The number of nitrogens with one attached hydrogen (secondary N) is 1. The van der Waals surface area contributed by atoms with Crippen LogP contribution in [-0.2, 0) is 6.61 Å². The third-order valence-electron chi connectivity index (χ3n) is 4.57. The molecule has 3 aromatic carbocycles. The Balaban J connectivity index is 1.79. The second kappa shape index (κ2) is 8.61. The highest BCUT2D eigenvalue weighted by molar-refractivity contribution is 6.04. The van der Waals surface area contributed by atoms with Crippen LogP contribution < -0.4 is 14.8 Å². The molecule has 0 bridgehead atoms. The zero-order chi connectivity index (χ0) is 20.1. The summed E-state index contributed by atoms with van der Waals surface area (Å²) in [6.07, 6.45) is 0. The zero-order valence-electron chi connectivity index (χ0n) is 16.7. The Morgan fingerprint density at radius 3 is 2.46 bits per heavy atom. The number of rotatable bonds is 6. The van der Waals surface area contributed by atoms with E-state index in [1.54, 1.807) is 19.2 Å². The Labute approximate surface area is 166 Å². The van der Waals surface area contributed by atoms with E-state index in [-0.39, 0.29) is 5.91 Å². The molecule has 0 radical (unpaired) electrons. The number of aryl methyl sites for hydroxylation is 3. The molecule has 0 aromatic heterocycles. The van der Waals surface area contributed by atoms with Crippen molar-refractivity contribution < 1.29 is 14.3 Å². The fourth-order valence-corrected chi connectivity index (χ4v) is 2.96. The van der Waals surface area contributed by atoms with Gasteiger partial charge in [-0.2, -0.15) is 0 Å². The minimum absolute atomic E-state index is 0.159. The van der Waals surface area contributed by atoms with Crippen LogP contribution in [0.5, 0.6) is 11.5 Å². The molecule has 0 unspecified atom stereocenters. The smallest absolute Gasteiger partial charge is 0.255 e. The standard InChI is InChI=1S/C24H25NO3/c1-16-6-5-7-21(12-16)28-15-20-14-19(10-11-23(20)27-4)24(26)25-22-13-17(2)8-9-18(22)3/h5-14H,15H2,1-4H3,(H,25,26). The highest BCUT2D eigenvalue weighted by Gasteiger charge is 2.12. The SMILES string of the molecule is COc1ccc(C(=O)Nc2cc(C)ccc2C)cc1COc1cccc(C)c1. The summed E-state index contributed by atoms with van der Waals surface area (Å²) in [4.78, 5) is 12.8. The fraction of sp³-hybridized carbons (Fsp3) is 0.208. The summed E-state index contributed by atoms with van der Waals surface area (Å²) in [5, 5.41) is 2.99. The van der Waals surface area contributed by atoms with Gasteiger partial charge in [-0.05, 0) is 73.9 Å². The third kappa shape index (κ3) is 4.71. The van der Waals surface area contributed by atoms with Crippen LogP contribution >= 0.6 is 0 Å². The van der Waals surface area contributed by atoms with Crippen LogP contribution in [0.2, 0.25) is 0 Å². The molecule has 0 aliphatic carbocycles. The molecule has 0 saturated heterocycles. The maximum Gasteiger partial charge on any atom is 0.255 e. The summed E-state index contributed by atoms with van der Waals surface area (Å²) in [5.74, 6) is 1.32. The predicted molar refractivity (Wildman–Crippen MR) is 112 cm³/mol. The van der Waals surface area contributed by atoms with E-state index in [0.717, 1.165) is 33.7 Å². The molecule has 1 N–H and O–H groups in total. The Morgan fingerprint density at radius 1 is 0.929 bits per heavy atom. The maximum atomic E-state index is 12.8. The van der Waals surface area contributed by atoms with Gasteiger partial charge in [-0.25, -0.2) is 0 Å². The summed E-state index contributed by atoms with van der Waals surface area (Å²) in [7, 11) is 1.61. The Hall–Kier alpha value is -3.27. The first-order chi connectivity index (χ1) is 13.5. The topological polar surface area (TPSA) is 47.6 Å². The molecule has 0 heterocycles. The lowest BCUT2D eigenvalue weighted by Crippen LogP contribution is -2.13. The van der Waals surface area contributed by atoms with Gasteiger partial charge in [-0.3, -0.25) is 4.79 Å². The van der Waals surface area contributed by atoms with Gasteiger partial charge in [0.05, 0.1) is 7.11 Å². The van der Waals surface area contributed by atoms with Crippen molar-refractivity contribution in [3.63, 3.8) is 0 Å². The zero-order valence-corrected chi connectivity index (χ0v) is 16.7. The number of carbonyl (C=O) groups excluding carboxylic acids is 1. The first-order valence-electron chi connectivity index (χ1n) is 9.21. The van der Waals surface area contributed by atoms with Crippen LogP contribution in [0, 0.1) is 20.8 Å². The van der Waals surface area contributed by atoms with E-state index in [4.69, 9.17) is 9.47 Å². The minimum Gasteiger partial charge on any atom is -0.496 e. The van der Waals surface area contributed by atoms with Crippen molar-refractivity contribution >= 4 is 11.6 Å². The number of methoxy groups -OCH3 is 1. The molecular weight excluding hydrogens is 350 g/mol. The number of hydrogen-bond donors (Lipinski definition) is 1. The average Bonchev–Trinajstić information content (AvgIpc) is 2.69. The number of carbonyl (C=O) groups is 1. The van der Waals surface area contributed by atoms with Gasteiger partial charge in [0.2, 0.25) is 0 Å². The molecule has 0 saturated carbocycles. The van der Waals surface area contributed by atoms with Gasteiger partial charge in [-0.15, -0.1) is 0 Å². The quantitative estimate of drug-likeness (QED) is 0.623. The van der Waals surface area contributed by atoms with Crippen LogP contribution in [0.15, 0.2) is 60.7 Å².